The van der Waals surface area contributed by atoms with Gasteiger partial charge in [0.1, 0.15) is 6.33 Å². The number of likely N-dealkylation sites (N-methyl/N-ethyl adjacent to an activating group) is 1. The van der Waals surface area contributed by atoms with E-state index in [1.165, 1.54) is 0 Å². The summed E-state index contributed by atoms with van der Waals surface area (Å²) < 4.78 is 0. The second-order valence-corrected chi connectivity index (χ2v) is 3.81. The number of nitrogens with one attached hydrogen (secondary N) is 1. The van der Waals surface area contributed by atoms with Crippen LogP contribution < -0.4 is 5.32 Å². The Morgan fingerprint density at radius 2 is 2.06 bits per heavy atom. The van der Waals surface area contributed by atoms with Gasteiger partial charge in [-0.15, -0.1) is 0 Å². The topological polar surface area (TPSA) is 50.7 Å². The van der Waals surface area contributed by atoms with E-state index in [1.54, 1.807) is 6.33 Å². The lowest BCUT2D eigenvalue weighted by molar-refractivity contribution is 0.540. The molecule has 0 saturated carbocycles. The zero-order chi connectivity index (χ0) is 11.9. The number of nitrogens with zero attached hydrogens (tertiary/aromatic N) is 3. The van der Waals surface area contributed by atoms with Crippen LogP contribution in [0.1, 0.15) is 24.2 Å². The maximum atomic E-state index is 4.35. The fourth-order valence-corrected chi connectivity index (χ4v) is 1.77. The standard InChI is InChI=1S/C13H16N4/c1-2-16-13(11-8-14-10-15-9-11)7-12-5-3-4-6-17-12/h3-6,8-10,13,16H,2,7H2,1H3. The Bertz CT molecular complexity index is 430. The highest BCUT2D eigenvalue weighted by atomic mass is 14.9. The van der Waals surface area contributed by atoms with Gasteiger partial charge in [0.05, 0.1) is 0 Å². The lowest BCUT2D eigenvalue weighted by atomic mass is 10.0. The van der Waals surface area contributed by atoms with Crippen molar-refractivity contribution in [1.82, 2.24) is 20.3 Å². The van der Waals surface area contributed by atoms with Gasteiger partial charge < -0.3 is 5.32 Å². The first-order valence-electron chi connectivity index (χ1n) is 5.78. The van der Waals surface area contributed by atoms with Crippen molar-refractivity contribution in [2.24, 2.45) is 0 Å². The van der Waals surface area contributed by atoms with Crippen LogP contribution in [-0.2, 0) is 6.42 Å². The third kappa shape index (κ3) is 3.32. The Kier molecular flexibility index (Phi) is 4.16. The summed E-state index contributed by atoms with van der Waals surface area (Å²) in [6.45, 7) is 3.00. The maximum absolute atomic E-state index is 4.35. The van der Waals surface area contributed by atoms with Crippen molar-refractivity contribution in [3.05, 3.63) is 54.4 Å². The third-order valence-corrected chi connectivity index (χ3v) is 2.57. The lowest BCUT2D eigenvalue weighted by Crippen LogP contribution is -2.23. The normalized spacial score (nSPS) is 12.3. The second kappa shape index (κ2) is 6.06. The molecule has 0 saturated heterocycles. The minimum atomic E-state index is 0.219. The molecule has 4 nitrogen and oxygen atoms in total. The average molecular weight is 228 g/mol. The van der Waals surface area contributed by atoms with E-state index in [0.717, 1.165) is 24.2 Å². The summed E-state index contributed by atoms with van der Waals surface area (Å²) in [4.78, 5) is 12.5. The SMILES string of the molecule is CCNC(Cc1ccccn1)c1cncnc1. The number of hydrogen-bond acceptors (Lipinski definition) is 4. The predicted octanol–water partition coefficient (Wildman–Crippen LogP) is 1.76. The van der Waals surface area contributed by atoms with E-state index >= 15 is 0 Å². The van der Waals surface area contributed by atoms with E-state index in [0.29, 0.717) is 0 Å². The minimum Gasteiger partial charge on any atom is -0.310 e. The molecule has 0 fully saturated rings. The van der Waals surface area contributed by atoms with Gasteiger partial charge in [0.15, 0.2) is 0 Å². The summed E-state index contributed by atoms with van der Waals surface area (Å²) in [6, 6.07) is 6.19. The van der Waals surface area contributed by atoms with Crippen molar-refractivity contribution in [3.8, 4) is 0 Å². The van der Waals surface area contributed by atoms with Gasteiger partial charge in [-0.05, 0) is 18.7 Å². The van der Waals surface area contributed by atoms with Gasteiger partial charge in [-0.25, -0.2) is 9.97 Å². The van der Waals surface area contributed by atoms with E-state index in [-0.39, 0.29) is 6.04 Å². The molecule has 0 aliphatic carbocycles. The van der Waals surface area contributed by atoms with Crippen molar-refractivity contribution < 1.29 is 0 Å². The molecule has 4 heteroatoms. The minimum absolute atomic E-state index is 0.219. The summed E-state index contributed by atoms with van der Waals surface area (Å²) in [5, 5.41) is 3.43. The largest absolute Gasteiger partial charge is 0.310 e. The van der Waals surface area contributed by atoms with Crippen LogP contribution in [0.4, 0.5) is 0 Å². The van der Waals surface area contributed by atoms with Gasteiger partial charge in [0.25, 0.3) is 0 Å². The molecule has 0 amide bonds. The summed E-state index contributed by atoms with van der Waals surface area (Å²) in [7, 11) is 0. The molecule has 1 atom stereocenters. The smallest absolute Gasteiger partial charge is 0.115 e. The zero-order valence-electron chi connectivity index (χ0n) is 9.87. The van der Waals surface area contributed by atoms with Crippen LogP contribution in [0.25, 0.3) is 0 Å². The highest BCUT2D eigenvalue weighted by Gasteiger charge is 2.11. The Morgan fingerprint density at radius 3 is 2.71 bits per heavy atom. The summed E-state index contributed by atoms with van der Waals surface area (Å²) in [5.74, 6) is 0. The highest BCUT2D eigenvalue weighted by Crippen LogP contribution is 2.15. The maximum Gasteiger partial charge on any atom is 0.115 e. The average Bonchev–Trinajstić information content (AvgIpc) is 2.40. The number of hydrogen-bond donors (Lipinski definition) is 1. The molecule has 2 rings (SSSR count). The molecule has 1 unspecified atom stereocenters. The monoisotopic (exact) mass is 228 g/mol. The first-order chi connectivity index (χ1) is 8.40. The molecule has 1 N–H and O–H groups in total. The van der Waals surface area contributed by atoms with Crippen LogP contribution in [0.3, 0.4) is 0 Å². The van der Waals surface area contributed by atoms with Gasteiger partial charge >= 0.3 is 0 Å². The first kappa shape index (κ1) is 11.7. The second-order valence-electron chi connectivity index (χ2n) is 3.81. The zero-order valence-corrected chi connectivity index (χ0v) is 9.87. The van der Waals surface area contributed by atoms with Crippen LogP contribution >= 0.6 is 0 Å². The lowest BCUT2D eigenvalue weighted by Gasteiger charge is -2.16. The van der Waals surface area contributed by atoms with E-state index in [1.807, 2.05) is 36.8 Å². The van der Waals surface area contributed by atoms with Crippen molar-refractivity contribution >= 4 is 0 Å². The van der Waals surface area contributed by atoms with Crippen LogP contribution in [-0.4, -0.2) is 21.5 Å². The molecule has 2 heterocycles. The van der Waals surface area contributed by atoms with Crippen LogP contribution in [0.2, 0.25) is 0 Å². The number of pyridine rings is 1. The van der Waals surface area contributed by atoms with Crippen LogP contribution in [0, 0.1) is 0 Å². The van der Waals surface area contributed by atoms with Gasteiger partial charge in [0.2, 0.25) is 0 Å². The van der Waals surface area contributed by atoms with Crippen LogP contribution in [0.15, 0.2) is 43.1 Å². The van der Waals surface area contributed by atoms with Crippen molar-refractivity contribution in [1.29, 1.82) is 0 Å². The summed E-state index contributed by atoms with van der Waals surface area (Å²) in [5.41, 5.74) is 2.17. The van der Waals surface area contributed by atoms with Gasteiger partial charge in [-0.2, -0.15) is 0 Å². The van der Waals surface area contributed by atoms with Crippen molar-refractivity contribution in [2.75, 3.05) is 6.54 Å². The Labute approximate surface area is 101 Å². The van der Waals surface area contributed by atoms with E-state index < -0.39 is 0 Å². The molecule has 0 radical (unpaired) electrons. The molecular weight excluding hydrogens is 212 g/mol. The summed E-state index contributed by atoms with van der Waals surface area (Å²) in [6.07, 6.45) is 7.92. The first-order valence-corrected chi connectivity index (χ1v) is 5.78. The van der Waals surface area contributed by atoms with Gasteiger partial charge in [0, 0.05) is 42.3 Å². The molecule has 0 aliphatic heterocycles. The molecule has 0 spiro atoms. The number of rotatable bonds is 5. The molecule has 17 heavy (non-hydrogen) atoms. The molecule has 2 aromatic rings. The van der Waals surface area contributed by atoms with E-state index in [4.69, 9.17) is 0 Å². The Balaban J connectivity index is 2.13. The Hall–Kier alpha value is -1.81. The van der Waals surface area contributed by atoms with E-state index in [9.17, 15) is 0 Å². The predicted molar refractivity (Wildman–Crippen MR) is 66.4 cm³/mol. The van der Waals surface area contributed by atoms with E-state index in [2.05, 4.69) is 27.2 Å². The quantitative estimate of drug-likeness (QED) is 0.847. The fourth-order valence-electron chi connectivity index (χ4n) is 1.77. The van der Waals surface area contributed by atoms with Crippen molar-refractivity contribution in [3.63, 3.8) is 0 Å². The molecule has 0 aromatic carbocycles. The molecular formula is C13H16N4. The van der Waals surface area contributed by atoms with Crippen LogP contribution in [0.5, 0.6) is 0 Å². The molecule has 88 valence electrons. The molecule has 0 aliphatic rings. The molecule has 2 aromatic heterocycles. The van der Waals surface area contributed by atoms with Crippen molar-refractivity contribution in [2.45, 2.75) is 19.4 Å². The fraction of sp³-hybridized carbons (Fsp3) is 0.308. The van der Waals surface area contributed by atoms with Gasteiger partial charge in [-0.3, -0.25) is 4.98 Å². The van der Waals surface area contributed by atoms with Gasteiger partial charge in [-0.1, -0.05) is 13.0 Å². The summed E-state index contributed by atoms with van der Waals surface area (Å²) >= 11 is 0. The highest BCUT2D eigenvalue weighted by molar-refractivity contribution is 5.14. The number of aromatic nitrogens is 3. The molecule has 0 bridgehead atoms. The Morgan fingerprint density at radius 1 is 1.24 bits per heavy atom. The third-order valence-electron chi connectivity index (χ3n) is 2.57.